The highest BCUT2D eigenvalue weighted by atomic mass is 16.5. The molecule has 1 atom stereocenters. The van der Waals surface area contributed by atoms with Gasteiger partial charge in [-0.25, -0.2) is 9.97 Å². The van der Waals surface area contributed by atoms with Gasteiger partial charge in [-0.15, -0.1) is 0 Å². The van der Waals surface area contributed by atoms with Gasteiger partial charge in [0.25, 0.3) is 0 Å². The summed E-state index contributed by atoms with van der Waals surface area (Å²) in [4.78, 5) is 8.03. The maximum Gasteiger partial charge on any atom is 0.115 e. The first-order chi connectivity index (χ1) is 8.28. The van der Waals surface area contributed by atoms with Gasteiger partial charge in [0.1, 0.15) is 6.33 Å². The summed E-state index contributed by atoms with van der Waals surface area (Å²) >= 11 is 0. The molecular formula is C12H19N3O2. The van der Waals surface area contributed by atoms with E-state index in [0.29, 0.717) is 19.8 Å². The molecule has 1 saturated heterocycles. The summed E-state index contributed by atoms with van der Waals surface area (Å²) in [5.74, 6) is 0. The highest BCUT2D eigenvalue weighted by Gasteiger charge is 2.40. The molecule has 1 unspecified atom stereocenters. The molecule has 0 aliphatic carbocycles. The zero-order chi connectivity index (χ0) is 12.1. The molecule has 0 bridgehead atoms. The van der Waals surface area contributed by atoms with Crippen molar-refractivity contribution in [3.8, 4) is 0 Å². The Morgan fingerprint density at radius 1 is 1.41 bits per heavy atom. The largest absolute Gasteiger partial charge is 0.381 e. The smallest absolute Gasteiger partial charge is 0.115 e. The molecule has 0 aromatic carbocycles. The molecular weight excluding hydrogens is 218 g/mol. The van der Waals surface area contributed by atoms with Crippen LogP contribution in [0.15, 0.2) is 18.7 Å². The van der Waals surface area contributed by atoms with Crippen LogP contribution in [0.25, 0.3) is 0 Å². The fraction of sp³-hybridized carbons (Fsp3) is 0.667. The second-order valence-corrected chi connectivity index (χ2v) is 4.26. The highest BCUT2D eigenvalue weighted by molar-refractivity contribution is 5.15. The van der Waals surface area contributed by atoms with Crippen molar-refractivity contribution in [1.29, 1.82) is 0 Å². The van der Waals surface area contributed by atoms with E-state index in [1.54, 1.807) is 12.4 Å². The molecule has 1 aliphatic rings. The quantitative estimate of drug-likeness (QED) is 0.848. The SMILES string of the molecule is CCOC1(C(N)c2cncnc2)CCOCC1. The van der Waals surface area contributed by atoms with Gasteiger partial charge in [-0.3, -0.25) is 0 Å². The van der Waals surface area contributed by atoms with E-state index >= 15 is 0 Å². The van der Waals surface area contributed by atoms with Crippen LogP contribution < -0.4 is 5.73 Å². The molecule has 0 saturated carbocycles. The molecule has 5 heteroatoms. The maximum atomic E-state index is 6.33. The molecule has 0 spiro atoms. The fourth-order valence-electron chi connectivity index (χ4n) is 2.32. The Kier molecular flexibility index (Phi) is 4.04. The summed E-state index contributed by atoms with van der Waals surface area (Å²) in [6.45, 7) is 4.04. The van der Waals surface area contributed by atoms with E-state index in [9.17, 15) is 0 Å². The van der Waals surface area contributed by atoms with Gasteiger partial charge in [0.15, 0.2) is 0 Å². The summed E-state index contributed by atoms with van der Waals surface area (Å²) in [5, 5.41) is 0. The number of rotatable bonds is 4. The molecule has 94 valence electrons. The summed E-state index contributed by atoms with van der Waals surface area (Å²) < 4.78 is 11.3. The molecule has 1 fully saturated rings. The van der Waals surface area contributed by atoms with E-state index in [0.717, 1.165) is 18.4 Å². The molecule has 2 N–H and O–H groups in total. The summed E-state index contributed by atoms with van der Waals surface area (Å²) in [6, 6.07) is -0.201. The van der Waals surface area contributed by atoms with Crippen molar-refractivity contribution in [2.75, 3.05) is 19.8 Å². The van der Waals surface area contributed by atoms with Crippen LogP contribution in [-0.2, 0) is 9.47 Å². The molecule has 0 amide bonds. The zero-order valence-corrected chi connectivity index (χ0v) is 10.1. The minimum atomic E-state index is -0.336. The van der Waals surface area contributed by atoms with Gasteiger partial charge in [0.2, 0.25) is 0 Å². The standard InChI is InChI=1S/C12H19N3O2/c1-2-17-12(3-5-16-6-4-12)11(13)10-7-14-9-15-8-10/h7-9,11H,2-6,13H2,1H3. The van der Waals surface area contributed by atoms with Crippen LogP contribution in [0, 0.1) is 0 Å². The number of hydrogen-bond donors (Lipinski definition) is 1. The van der Waals surface area contributed by atoms with Crippen LogP contribution in [0.3, 0.4) is 0 Å². The number of aromatic nitrogens is 2. The molecule has 0 radical (unpaired) electrons. The van der Waals surface area contributed by atoms with Gasteiger partial charge in [-0.2, -0.15) is 0 Å². The lowest BCUT2D eigenvalue weighted by molar-refractivity contribution is -0.121. The first-order valence-electron chi connectivity index (χ1n) is 6.01. The first kappa shape index (κ1) is 12.4. The third-order valence-corrected chi connectivity index (χ3v) is 3.28. The Balaban J connectivity index is 2.20. The third-order valence-electron chi connectivity index (χ3n) is 3.28. The molecule has 2 rings (SSSR count). The monoisotopic (exact) mass is 237 g/mol. The minimum Gasteiger partial charge on any atom is -0.381 e. The highest BCUT2D eigenvalue weighted by Crippen LogP contribution is 2.35. The van der Waals surface area contributed by atoms with Gasteiger partial charge < -0.3 is 15.2 Å². The number of nitrogens with zero attached hydrogens (tertiary/aromatic N) is 2. The van der Waals surface area contributed by atoms with Crippen molar-refractivity contribution in [2.45, 2.75) is 31.4 Å². The van der Waals surface area contributed by atoms with Gasteiger partial charge in [0, 0.05) is 50.6 Å². The van der Waals surface area contributed by atoms with E-state index in [1.807, 2.05) is 6.92 Å². The molecule has 1 aliphatic heterocycles. The second-order valence-electron chi connectivity index (χ2n) is 4.26. The van der Waals surface area contributed by atoms with E-state index in [1.165, 1.54) is 6.33 Å². The number of nitrogens with two attached hydrogens (primary N) is 1. The van der Waals surface area contributed by atoms with Crippen molar-refractivity contribution in [2.24, 2.45) is 5.73 Å². The van der Waals surface area contributed by atoms with E-state index in [4.69, 9.17) is 15.2 Å². The Bertz CT molecular complexity index is 333. The lowest BCUT2D eigenvalue weighted by Crippen LogP contribution is -2.48. The van der Waals surface area contributed by atoms with E-state index < -0.39 is 0 Å². The predicted octanol–water partition coefficient (Wildman–Crippen LogP) is 1.06. The average molecular weight is 237 g/mol. The van der Waals surface area contributed by atoms with Crippen LogP contribution >= 0.6 is 0 Å². The van der Waals surface area contributed by atoms with Gasteiger partial charge in [0.05, 0.1) is 11.6 Å². The molecule has 1 aromatic rings. The van der Waals surface area contributed by atoms with E-state index in [2.05, 4.69) is 9.97 Å². The summed E-state index contributed by atoms with van der Waals surface area (Å²) in [5.41, 5.74) is 6.91. The van der Waals surface area contributed by atoms with Crippen LogP contribution in [0.1, 0.15) is 31.4 Å². The minimum absolute atomic E-state index is 0.201. The zero-order valence-electron chi connectivity index (χ0n) is 10.1. The predicted molar refractivity (Wildman–Crippen MR) is 63.4 cm³/mol. The molecule has 1 aromatic heterocycles. The Morgan fingerprint density at radius 2 is 2.06 bits per heavy atom. The summed E-state index contributed by atoms with van der Waals surface area (Å²) in [7, 11) is 0. The number of ether oxygens (including phenoxy) is 2. The first-order valence-corrected chi connectivity index (χ1v) is 6.01. The van der Waals surface area contributed by atoms with Crippen LogP contribution in [0.4, 0.5) is 0 Å². The van der Waals surface area contributed by atoms with Gasteiger partial charge in [-0.05, 0) is 6.92 Å². The van der Waals surface area contributed by atoms with Gasteiger partial charge >= 0.3 is 0 Å². The normalized spacial score (nSPS) is 21.1. The van der Waals surface area contributed by atoms with Crippen molar-refractivity contribution < 1.29 is 9.47 Å². The molecule has 2 heterocycles. The van der Waals surface area contributed by atoms with Crippen molar-refractivity contribution >= 4 is 0 Å². The van der Waals surface area contributed by atoms with Crippen molar-refractivity contribution in [3.63, 3.8) is 0 Å². The lowest BCUT2D eigenvalue weighted by Gasteiger charge is -2.41. The Hall–Kier alpha value is -1.04. The Morgan fingerprint density at radius 3 is 2.65 bits per heavy atom. The number of hydrogen-bond acceptors (Lipinski definition) is 5. The second kappa shape index (κ2) is 5.53. The lowest BCUT2D eigenvalue weighted by atomic mass is 9.83. The van der Waals surface area contributed by atoms with Crippen molar-refractivity contribution in [3.05, 3.63) is 24.3 Å². The van der Waals surface area contributed by atoms with Crippen LogP contribution in [0.2, 0.25) is 0 Å². The molecule has 5 nitrogen and oxygen atoms in total. The van der Waals surface area contributed by atoms with Crippen LogP contribution in [-0.4, -0.2) is 35.4 Å². The van der Waals surface area contributed by atoms with Crippen LogP contribution in [0.5, 0.6) is 0 Å². The average Bonchev–Trinajstić information content (AvgIpc) is 2.40. The Labute approximate surface area is 101 Å². The molecule has 17 heavy (non-hydrogen) atoms. The van der Waals surface area contributed by atoms with Crippen molar-refractivity contribution in [1.82, 2.24) is 9.97 Å². The van der Waals surface area contributed by atoms with Gasteiger partial charge in [-0.1, -0.05) is 0 Å². The topological polar surface area (TPSA) is 70.3 Å². The fourth-order valence-corrected chi connectivity index (χ4v) is 2.32. The summed E-state index contributed by atoms with van der Waals surface area (Å²) in [6.07, 6.45) is 6.66. The maximum absolute atomic E-state index is 6.33. The third kappa shape index (κ3) is 2.62. The van der Waals surface area contributed by atoms with E-state index in [-0.39, 0.29) is 11.6 Å².